The van der Waals surface area contributed by atoms with Gasteiger partial charge in [-0.1, -0.05) is 6.07 Å². The van der Waals surface area contributed by atoms with E-state index in [0.717, 1.165) is 0 Å². The highest BCUT2D eigenvalue weighted by atomic mass is 32.2. The van der Waals surface area contributed by atoms with Crippen molar-refractivity contribution in [2.45, 2.75) is 94.9 Å². The number of benzene rings is 1. The van der Waals surface area contributed by atoms with Crippen LogP contribution in [0.2, 0.25) is 0 Å². The zero-order valence-corrected chi connectivity index (χ0v) is 23.1. The molecule has 226 valence electrons. The first-order chi connectivity index (χ1) is 18.2. The molecule has 1 saturated carbocycles. The Bertz CT molecular complexity index is 1150. The molecular weight excluding hydrogens is 572 g/mol. The van der Waals surface area contributed by atoms with Gasteiger partial charge >= 0.3 is 12.4 Å². The molecule has 1 unspecified atom stereocenters. The number of H-pyrrole nitrogens is 1. The Kier molecular flexibility index (Phi) is 9.42. The van der Waals surface area contributed by atoms with Gasteiger partial charge in [-0.15, -0.1) is 4.72 Å². The van der Waals surface area contributed by atoms with Crippen LogP contribution in [0.15, 0.2) is 18.2 Å². The highest BCUT2D eigenvalue weighted by molar-refractivity contribution is 7.90. The SMILES string of the molecule is C[C@@H](NC(=O)CC(C(F)(F)F)C(F)(F)F)c1ccc2nc([C@@H](N[S+]([O-])C(C)(C)C)C3CCC(F)(F)CC3)[nH]c2c1. The summed E-state index contributed by atoms with van der Waals surface area (Å²) in [7, 11) is 0. The molecule has 1 fully saturated rings. The van der Waals surface area contributed by atoms with Gasteiger partial charge < -0.3 is 14.9 Å². The van der Waals surface area contributed by atoms with Crippen LogP contribution in [-0.4, -0.2) is 43.5 Å². The molecule has 0 saturated heterocycles. The number of alkyl halides is 8. The number of carbonyl (C=O) groups excluding carboxylic acids is 1. The van der Waals surface area contributed by atoms with Gasteiger partial charge in [-0.25, -0.2) is 13.8 Å². The van der Waals surface area contributed by atoms with Gasteiger partial charge in [0, 0.05) is 30.6 Å². The number of hydrogen-bond acceptors (Lipinski definition) is 4. The molecule has 3 rings (SSSR count). The van der Waals surface area contributed by atoms with E-state index >= 15 is 0 Å². The van der Waals surface area contributed by atoms with Crippen molar-refractivity contribution < 1.29 is 44.5 Å². The van der Waals surface area contributed by atoms with E-state index in [1.54, 1.807) is 26.8 Å². The van der Waals surface area contributed by atoms with Crippen molar-refractivity contribution in [1.29, 1.82) is 0 Å². The maximum atomic E-state index is 13.8. The molecule has 0 radical (unpaired) electrons. The summed E-state index contributed by atoms with van der Waals surface area (Å²) in [6.45, 7) is 6.68. The van der Waals surface area contributed by atoms with Crippen LogP contribution < -0.4 is 10.0 Å². The summed E-state index contributed by atoms with van der Waals surface area (Å²) < 4.78 is 120. The Labute approximate surface area is 229 Å². The second kappa shape index (κ2) is 11.6. The number of hydrogen-bond donors (Lipinski definition) is 3. The lowest BCUT2D eigenvalue weighted by Gasteiger charge is -2.35. The number of imidazole rings is 1. The third-order valence-electron chi connectivity index (χ3n) is 6.90. The minimum atomic E-state index is -5.63. The first-order valence-corrected chi connectivity index (χ1v) is 13.8. The number of fused-ring (bicyclic) bond motifs is 1. The predicted octanol–water partition coefficient (Wildman–Crippen LogP) is 6.79. The Morgan fingerprint density at radius 3 is 2.23 bits per heavy atom. The van der Waals surface area contributed by atoms with Crippen LogP contribution in [0.5, 0.6) is 0 Å². The van der Waals surface area contributed by atoms with E-state index in [1.165, 1.54) is 19.1 Å². The van der Waals surface area contributed by atoms with E-state index in [0.29, 0.717) is 22.4 Å². The predicted molar refractivity (Wildman–Crippen MR) is 134 cm³/mol. The second-order valence-corrected chi connectivity index (χ2v) is 13.2. The topological polar surface area (TPSA) is 92.9 Å². The largest absolute Gasteiger partial charge is 0.598 e. The van der Waals surface area contributed by atoms with E-state index in [-0.39, 0.29) is 31.6 Å². The molecule has 3 N–H and O–H groups in total. The van der Waals surface area contributed by atoms with E-state index in [2.05, 4.69) is 20.0 Å². The van der Waals surface area contributed by atoms with Crippen LogP contribution in [0, 0.1) is 11.8 Å². The Balaban J connectivity index is 1.82. The fraction of sp³-hybridized carbons (Fsp3) is 0.680. The van der Waals surface area contributed by atoms with Crippen molar-refractivity contribution in [2.75, 3.05) is 0 Å². The summed E-state index contributed by atoms with van der Waals surface area (Å²) in [5.74, 6) is -7.91. The number of rotatable bonds is 8. The quantitative estimate of drug-likeness (QED) is 0.229. The van der Waals surface area contributed by atoms with Crippen molar-refractivity contribution in [3.63, 3.8) is 0 Å². The Morgan fingerprint density at radius 2 is 1.70 bits per heavy atom. The third kappa shape index (κ3) is 8.21. The standard InChI is InChI=1S/C25H32F8N4O2S/c1-13(34-19(38)12-18(24(28,29)30)25(31,32)33)15-5-6-16-17(11-15)36-21(35-16)20(37-40(39)22(2,3)4)14-7-9-23(26,27)10-8-14/h5-6,11,13-14,18,20,37H,7-10,12H2,1-4H3,(H,34,38)(H,35,36)/t13-,20+,40?/m1/s1. The molecular formula is C25H32F8N4O2S. The fourth-order valence-electron chi connectivity index (χ4n) is 4.51. The molecule has 1 aliphatic carbocycles. The summed E-state index contributed by atoms with van der Waals surface area (Å²) >= 11 is -1.55. The highest BCUT2D eigenvalue weighted by Gasteiger charge is 2.57. The fourth-order valence-corrected chi connectivity index (χ4v) is 5.40. The highest BCUT2D eigenvalue weighted by Crippen LogP contribution is 2.43. The van der Waals surface area contributed by atoms with Crippen LogP contribution in [0.1, 0.15) is 83.3 Å². The van der Waals surface area contributed by atoms with Gasteiger partial charge in [-0.05, 0) is 64.2 Å². The lowest BCUT2D eigenvalue weighted by Crippen LogP contribution is -2.44. The van der Waals surface area contributed by atoms with E-state index < -0.39 is 64.7 Å². The first kappa shape index (κ1) is 32.4. The van der Waals surface area contributed by atoms with Gasteiger partial charge in [0.15, 0.2) is 5.92 Å². The molecule has 6 nitrogen and oxygen atoms in total. The minimum Gasteiger partial charge on any atom is -0.598 e. The van der Waals surface area contributed by atoms with Gasteiger partial charge in [0.1, 0.15) is 16.6 Å². The van der Waals surface area contributed by atoms with E-state index in [4.69, 9.17) is 0 Å². The average Bonchev–Trinajstić information content (AvgIpc) is 3.22. The summed E-state index contributed by atoms with van der Waals surface area (Å²) in [6.07, 6.45) is -13.3. The maximum absolute atomic E-state index is 13.8. The number of nitrogens with zero attached hydrogens (tertiary/aromatic N) is 1. The van der Waals surface area contributed by atoms with Gasteiger partial charge in [-0.3, -0.25) is 4.79 Å². The number of aromatic amines is 1. The molecule has 1 heterocycles. The average molecular weight is 605 g/mol. The first-order valence-electron chi connectivity index (χ1n) is 12.7. The number of aromatic nitrogens is 2. The smallest absolute Gasteiger partial charge is 0.400 e. The summed E-state index contributed by atoms with van der Waals surface area (Å²) in [4.78, 5) is 19.7. The zero-order valence-electron chi connectivity index (χ0n) is 22.3. The number of nitrogens with one attached hydrogen (secondary N) is 3. The number of amides is 1. The van der Waals surface area contributed by atoms with Crippen LogP contribution in [0.4, 0.5) is 35.1 Å². The molecule has 1 amide bonds. The molecule has 0 spiro atoms. The molecule has 0 bridgehead atoms. The maximum Gasteiger partial charge on any atom is 0.400 e. The van der Waals surface area contributed by atoms with E-state index in [9.17, 15) is 44.5 Å². The number of halogens is 8. The van der Waals surface area contributed by atoms with Crippen molar-refractivity contribution in [3.05, 3.63) is 29.6 Å². The minimum absolute atomic E-state index is 0.175. The van der Waals surface area contributed by atoms with Gasteiger partial charge in [0.2, 0.25) is 11.8 Å². The normalized spacial score (nSPS) is 19.6. The van der Waals surface area contributed by atoms with Crippen molar-refractivity contribution in [2.24, 2.45) is 11.8 Å². The van der Waals surface area contributed by atoms with Crippen molar-refractivity contribution >= 4 is 28.3 Å². The summed E-state index contributed by atoms with van der Waals surface area (Å²) in [5.41, 5.74) is 1.26. The van der Waals surface area contributed by atoms with Crippen LogP contribution in [-0.2, 0) is 16.2 Å². The molecule has 3 atom stereocenters. The lowest BCUT2D eigenvalue weighted by molar-refractivity contribution is -0.284. The van der Waals surface area contributed by atoms with Crippen LogP contribution >= 0.6 is 0 Å². The molecule has 15 heteroatoms. The Morgan fingerprint density at radius 1 is 1.12 bits per heavy atom. The molecule has 0 aliphatic heterocycles. The van der Waals surface area contributed by atoms with Gasteiger partial charge in [0.05, 0.1) is 17.1 Å². The van der Waals surface area contributed by atoms with Crippen LogP contribution in [0.25, 0.3) is 11.0 Å². The number of carbonyl (C=O) groups is 1. The second-order valence-electron chi connectivity index (χ2n) is 11.2. The zero-order chi connectivity index (χ0) is 30.3. The van der Waals surface area contributed by atoms with Gasteiger partial charge in [-0.2, -0.15) is 26.3 Å². The van der Waals surface area contributed by atoms with Crippen LogP contribution in [0.3, 0.4) is 0 Å². The third-order valence-corrected chi connectivity index (χ3v) is 8.48. The van der Waals surface area contributed by atoms with Gasteiger partial charge in [0.25, 0.3) is 0 Å². The molecule has 1 aromatic carbocycles. The molecule has 2 aromatic rings. The van der Waals surface area contributed by atoms with E-state index in [1.807, 2.05) is 0 Å². The molecule has 1 aromatic heterocycles. The van der Waals surface area contributed by atoms with Crippen molar-refractivity contribution in [3.8, 4) is 0 Å². The molecule has 1 aliphatic rings. The summed E-state index contributed by atoms with van der Waals surface area (Å²) in [5, 5.41) is 2.17. The molecule has 40 heavy (non-hydrogen) atoms. The lowest BCUT2D eigenvalue weighted by atomic mass is 9.82. The summed E-state index contributed by atoms with van der Waals surface area (Å²) in [6, 6.07) is 3.02. The monoisotopic (exact) mass is 604 g/mol. The van der Waals surface area contributed by atoms with Crippen molar-refractivity contribution in [1.82, 2.24) is 20.0 Å². The Hall–Kier alpha value is -2.13.